The van der Waals surface area contributed by atoms with E-state index in [0.29, 0.717) is 17.3 Å². The van der Waals surface area contributed by atoms with E-state index in [1.165, 1.54) is 12.1 Å². The summed E-state index contributed by atoms with van der Waals surface area (Å²) >= 11 is 11.6. The Labute approximate surface area is 116 Å². The van der Waals surface area contributed by atoms with Gasteiger partial charge in [-0.1, -0.05) is 37.0 Å². The fourth-order valence-corrected chi connectivity index (χ4v) is 1.60. The molecule has 2 N–H and O–H groups in total. The van der Waals surface area contributed by atoms with Crippen molar-refractivity contribution in [3.05, 3.63) is 28.2 Å². The first-order valence-corrected chi connectivity index (χ1v) is 6.20. The second kappa shape index (κ2) is 6.61. The number of halogens is 2. The first-order chi connectivity index (χ1) is 8.40. The molecule has 0 heterocycles. The summed E-state index contributed by atoms with van der Waals surface area (Å²) in [6.07, 6.45) is 0. The van der Waals surface area contributed by atoms with Crippen molar-refractivity contribution in [2.45, 2.75) is 13.8 Å². The van der Waals surface area contributed by atoms with Gasteiger partial charge in [0.1, 0.15) is 0 Å². The molecular weight excluding hydrogens is 275 g/mol. The highest BCUT2D eigenvalue weighted by molar-refractivity contribution is 6.42. The van der Waals surface area contributed by atoms with E-state index in [4.69, 9.17) is 23.2 Å². The normalized spacial score (nSPS) is 10.3. The predicted molar refractivity (Wildman–Crippen MR) is 72.9 cm³/mol. The summed E-state index contributed by atoms with van der Waals surface area (Å²) in [5, 5.41) is 5.68. The van der Waals surface area contributed by atoms with E-state index in [-0.39, 0.29) is 10.9 Å². The SMILES string of the molecule is CC(C)CNC(=O)C(=O)Nc1ccc(Cl)cc1Cl. The van der Waals surface area contributed by atoms with Crippen molar-refractivity contribution >= 4 is 40.7 Å². The van der Waals surface area contributed by atoms with Crippen LogP contribution >= 0.6 is 23.2 Å². The van der Waals surface area contributed by atoms with Crippen LogP contribution in [0.15, 0.2) is 18.2 Å². The van der Waals surface area contributed by atoms with E-state index in [1.54, 1.807) is 6.07 Å². The Hall–Kier alpha value is -1.26. The van der Waals surface area contributed by atoms with Gasteiger partial charge >= 0.3 is 11.8 Å². The molecule has 0 saturated carbocycles. The molecule has 0 radical (unpaired) electrons. The number of benzene rings is 1. The molecular formula is C12H14Cl2N2O2. The predicted octanol–water partition coefficient (Wildman–Crippen LogP) is 2.70. The van der Waals surface area contributed by atoms with E-state index in [1.807, 2.05) is 13.8 Å². The Morgan fingerprint density at radius 3 is 2.44 bits per heavy atom. The lowest BCUT2D eigenvalue weighted by Crippen LogP contribution is -2.37. The van der Waals surface area contributed by atoms with Crippen LogP contribution in [-0.2, 0) is 9.59 Å². The van der Waals surface area contributed by atoms with Crippen LogP contribution in [0, 0.1) is 5.92 Å². The zero-order valence-electron chi connectivity index (χ0n) is 10.1. The Morgan fingerprint density at radius 1 is 1.22 bits per heavy atom. The number of hydrogen-bond acceptors (Lipinski definition) is 2. The van der Waals surface area contributed by atoms with Gasteiger partial charge in [-0.2, -0.15) is 0 Å². The Kier molecular flexibility index (Phi) is 5.44. The summed E-state index contributed by atoms with van der Waals surface area (Å²) < 4.78 is 0. The van der Waals surface area contributed by atoms with Crippen molar-refractivity contribution in [3.63, 3.8) is 0 Å². The van der Waals surface area contributed by atoms with Crippen LogP contribution < -0.4 is 10.6 Å². The van der Waals surface area contributed by atoms with Gasteiger partial charge < -0.3 is 10.6 Å². The van der Waals surface area contributed by atoms with Crippen LogP contribution in [0.3, 0.4) is 0 Å². The number of amides is 2. The van der Waals surface area contributed by atoms with Gasteiger partial charge in [-0.3, -0.25) is 9.59 Å². The average Bonchev–Trinajstić information content (AvgIpc) is 2.29. The van der Waals surface area contributed by atoms with Crippen LogP contribution in [0.25, 0.3) is 0 Å². The van der Waals surface area contributed by atoms with Gasteiger partial charge in [0.15, 0.2) is 0 Å². The van der Waals surface area contributed by atoms with E-state index >= 15 is 0 Å². The molecule has 1 aromatic carbocycles. The molecule has 0 aliphatic carbocycles. The summed E-state index contributed by atoms with van der Waals surface area (Å²) in [6.45, 7) is 4.32. The molecule has 18 heavy (non-hydrogen) atoms. The maximum absolute atomic E-state index is 11.5. The number of hydrogen-bond donors (Lipinski definition) is 2. The molecule has 0 aromatic heterocycles. The minimum Gasteiger partial charge on any atom is -0.348 e. The van der Waals surface area contributed by atoms with Gasteiger partial charge in [0.25, 0.3) is 0 Å². The van der Waals surface area contributed by atoms with Gasteiger partial charge in [-0.15, -0.1) is 0 Å². The fraction of sp³-hybridized carbons (Fsp3) is 0.333. The van der Waals surface area contributed by atoms with E-state index in [0.717, 1.165) is 0 Å². The monoisotopic (exact) mass is 288 g/mol. The van der Waals surface area contributed by atoms with Crippen molar-refractivity contribution in [2.24, 2.45) is 5.92 Å². The van der Waals surface area contributed by atoms with Gasteiger partial charge in [-0.05, 0) is 24.1 Å². The van der Waals surface area contributed by atoms with Crippen molar-refractivity contribution < 1.29 is 9.59 Å². The number of carbonyl (C=O) groups excluding carboxylic acids is 2. The lowest BCUT2D eigenvalue weighted by molar-refractivity contribution is -0.136. The van der Waals surface area contributed by atoms with Crippen molar-refractivity contribution in [1.82, 2.24) is 5.32 Å². The summed E-state index contributed by atoms with van der Waals surface area (Å²) in [5.74, 6) is -1.16. The summed E-state index contributed by atoms with van der Waals surface area (Å²) in [4.78, 5) is 23.0. The van der Waals surface area contributed by atoms with E-state index in [9.17, 15) is 9.59 Å². The second-order valence-electron chi connectivity index (χ2n) is 4.18. The quantitative estimate of drug-likeness (QED) is 0.840. The molecule has 0 atom stereocenters. The third kappa shape index (κ3) is 4.55. The van der Waals surface area contributed by atoms with Crippen LogP contribution in [0.1, 0.15) is 13.8 Å². The number of rotatable bonds is 3. The molecule has 0 fully saturated rings. The molecule has 1 aromatic rings. The second-order valence-corrected chi connectivity index (χ2v) is 5.03. The van der Waals surface area contributed by atoms with E-state index in [2.05, 4.69) is 10.6 Å². The maximum atomic E-state index is 11.5. The minimum absolute atomic E-state index is 0.279. The van der Waals surface area contributed by atoms with E-state index < -0.39 is 11.8 Å². The molecule has 0 saturated heterocycles. The van der Waals surface area contributed by atoms with Crippen molar-refractivity contribution in [1.29, 1.82) is 0 Å². The molecule has 2 amide bonds. The lowest BCUT2D eigenvalue weighted by atomic mass is 10.2. The van der Waals surface area contributed by atoms with Gasteiger partial charge in [-0.25, -0.2) is 0 Å². The highest BCUT2D eigenvalue weighted by Crippen LogP contribution is 2.25. The molecule has 1 rings (SSSR count). The standard InChI is InChI=1S/C12H14Cl2N2O2/c1-7(2)6-15-11(17)12(18)16-10-4-3-8(13)5-9(10)14/h3-5,7H,6H2,1-2H3,(H,15,17)(H,16,18). The zero-order valence-corrected chi connectivity index (χ0v) is 11.6. The average molecular weight is 289 g/mol. The molecule has 0 bridgehead atoms. The Balaban J connectivity index is 2.61. The summed E-state index contributed by atoms with van der Waals surface area (Å²) in [5.41, 5.74) is 0.353. The number of carbonyl (C=O) groups is 2. The highest BCUT2D eigenvalue weighted by atomic mass is 35.5. The summed E-state index contributed by atoms with van der Waals surface area (Å²) in [6, 6.07) is 4.61. The third-order valence-electron chi connectivity index (χ3n) is 2.06. The fourth-order valence-electron chi connectivity index (χ4n) is 1.15. The summed E-state index contributed by atoms with van der Waals surface area (Å²) in [7, 11) is 0. The zero-order chi connectivity index (χ0) is 13.7. The van der Waals surface area contributed by atoms with Gasteiger partial charge in [0.05, 0.1) is 10.7 Å². The lowest BCUT2D eigenvalue weighted by Gasteiger charge is -2.09. The third-order valence-corrected chi connectivity index (χ3v) is 2.60. The molecule has 0 unspecified atom stereocenters. The number of nitrogens with one attached hydrogen (secondary N) is 2. The Morgan fingerprint density at radius 2 is 1.89 bits per heavy atom. The maximum Gasteiger partial charge on any atom is 0.313 e. The van der Waals surface area contributed by atoms with Crippen LogP contribution in [0.4, 0.5) is 5.69 Å². The molecule has 6 heteroatoms. The molecule has 0 aliphatic rings. The minimum atomic E-state index is -0.750. The topological polar surface area (TPSA) is 58.2 Å². The van der Waals surface area contributed by atoms with Gasteiger partial charge in [0.2, 0.25) is 0 Å². The Bertz CT molecular complexity index is 461. The molecule has 0 aliphatic heterocycles. The molecule has 4 nitrogen and oxygen atoms in total. The van der Waals surface area contributed by atoms with Crippen molar-refractivity contribution in [3.8, 4) is 0 Å². The molecule has 98 valence electrons. The van der Waals surface area contributed by atoms with Crippen LogP contribution in [0.5, 0.6) is 0 Å². The van der Waals surface area contributed by atoms with Crippen molar-refractivity contribution in [2.75, 3.05) is 11.9 Å². The highest BCUT2D eigenvalue weighted by Gasteiger charge is 2.15. The smallest absolute Gasteiger partial charge is 0.313 e. The first-order valence-electron chi connectivity index (χ1n) is 5.44. The first kappa shape index (κ1) is 14.8. The van der Waals surface area contributed by atoms with Gasteiger partial charge in [0, 0.05) is 11.6 Å². The van der Waals surface area contributed by atoms with Crippen LogP contribution in [0.2, 0.25) is 10.0 Å². The van der Waals surface area contributed by atoms with Crippen LogP contribution in [-0.4, -0.2) is 18.4 Å². The molecule has 0 spiro atoms. The number of anilines is 1. The largest absolute Gasteiger partial charge is 0.348 e.